The fourth-order valence-electron chi connectivity index (χ4n) is 11.9. The van der Waals surface area contributed by atoms with Gasteiger partial charge in [-0.2, -0.15) is 0 Å². The van der Waals surface area contributed by atoms with Crippen LogP contribution in [0.15, 0.2) is 121 Å². The second kappa shape index (κ2) is 47.6. The lowest BCUT2D eigenvalue weighted by Crippen LogP contribution is -2.63. The lowest BCUT2D eigenvalue weighted by Gasteiger charge is -2.29. The maximum absolute atomic E-state index is 15.4. The first-order chi connectivity index (χ1) is 54.9. The van der Waals surface area contributed by atoms with Crippen LogP contribution in [0, 0.1) is 0 Å². The van der Waals surface area contributed by atoms with E-state index in [1.165, 1.54) is 6.92 Å². The van der Waals surface area contributed by atoms with Crippen molar-refractivity contribution in [3.8, 4) is 0 Å². The number of carbonyl (C=O) groups is 15. The number of carboxylic acid groups (broad SMARTS) is 1. The van der Waals surface area contributed by atoms with Crippen molar-refractivity contribution in [3.63, 3.8) is 0 Å². The van der Waals surface area contributed by atoms with E-state index in [4.69, 9.17) is 22.9 Å². The molecule has 4 aromatic carbocycles. The van der Waals surface area contributed by atoms with Crippen LogP contribution in [-0.4, -0.2) is 243 Å². The second-order valence-electron chi connectivity index (χ2n) is 27.6. The van der Waals surface area contributed by atoms with Crippen molar-refractivity contribution in [3.05, 3.63) is 144 Å². The van der Waals surface area contributed by atoms with Gasteiger partial charge in [0.1, 0.15) is 72.5 Å². The Morgan fingerprint density at radius 3 is 1.30 bits per heavy atom. The molecule has 0 bridgehead atoms. The van der Waals surface area contributed by atoms with E-state index in [1.54, 1.807) is 121 Å². The number of fused-ring (bicyclic) bond motifs is 1. The maximum Gasteiger partial charge on any atom is 0.327 e. The summed E-state index contributed by atoms with van der Waals surface area (Å²) >= 11 is 0. The number of nitrogens with two attached hydrogens (primary N) is 4. The third-order valence-corrected chi connectivity index (χ3v) is 20.7. The summed E-state index contributed by atoms with van der Waals surface area (Å²) in [5.74, 6) is -17.7. The lowest BCUT2D eigenvalue weighted by molar-refractivity contribution is -0.142. The summed E-state index contributed by atoms with van der Waals surface area (Å²) in [7, 11) is 1.49. The summed E-state index contributed by atoms with van der Waals surface area (Å²) in [6, 6.07) is 9.57. The largest absolute Gasteiger partial charge is 0.480 e. The Hall–Kier alpha value is -11.1. The average molecular weight is 1640 g/mol. The highest BCUT2D eigenvalue weighted by atomic mass is 33.1. The molecule has 1 aromatic heterocycles. The molecule has 14 amide bonds. The van der Waals surface area contributed by atoms with Gasteiger partial charge in [-0.25, -0.2) is 4.79 Å². The molecule has 0 spiro atoms. The van der Waals surface area contributed by atoms with Crippen LogP contribution in [0.5, 0.6) is 0 Å². The Morgan fingerprint density at radius 2 is 0.852 bits per heavy atom. The van der Waals surface area contributed by atoms with Crippen molar-refractivity contribution >= 4 is 121 Å². The molecule has 37 nitrogen and oxygen atoms in total. The molecule has 15 atom stereocenters. The predicted molar refractivity (Wildman–Crippen MR) is 425 cm³/mol. The van der Waals surface area contributed by atoms with Crippen molar-refractivity contribution in [2.45, 2.75) is 182 Å². The number of benzene rings is 4. The third-order valence-electron chi connectivity index (χ3n) is 18.3. The van der Waals surface area contributed by atoms with Crippen LogP contribution < -0.4 is 92.1 Å². The number of nitrogens with one attached hydrogen (secondary N) is 14. The average Bonchev–Trinajstić information content (AvgIpc) is 1.81. The topological polar surface area (TPSA) is 613 Å². The Morgan fingerprint density at radius 1 is 0.470 bits per heavy atom. The van der Waals surface area contributed by atoms with Gasteiger partial charge in [-0.3, -0.25) is 67.1 Å². The lowest BCUT2D eigenvalue weighted by atomic mass is 10.00. The highest BCUT2D eigenvalue weighted by Gasteiger charge is 2.40. The van der Waals surface area contributed by atoms with Crippen molar-refractivity contribution < 1.29 is 92.3 Å². The molecule has 115 heavy (non-hydrogen) atoms. The number of carbonyl (C=O) groups excluding carboxylic acids is 14. The van der Waals surface area contributed by atoms with Gasteiger partial charge in [-0.05, 0) is 101 Å². The number of aromatic amines is 1. The zero-order chi connectivity index (χ0) is 84.3. The summed E-state index contributed by atoms with van der Waals surface area (Å²) in [6.45, 7) is 1.88. The zero-order valence-corrected chi connectivity index (χ0v) is 65.4. The van der Waals surface area contributed by atoms with E-state index in [9.17, 15) is 78.0 Å². The van der Waals surface area contributed by atoms with E-state index >= 15 is 14.4 Å². The second-order valence-corrected chi connectivity index (χ2v) is 30.1. The number of primary amides is 1. The van der Waals surface area contributed by atoms with Gasteiger partial charge in [0.2, 0.25) is 82.7 Å². The molecule has 1 unspecified atom stereocenters. The van der Waals surface area contributed by atoms with Crippen LogP contribution in [0.2, 0.25) is 0 Å². The van der Waals surface area contributed by atoms with Gasteiger partial charge < -0.3 is 117 Å². The number of aliphatic carboxylic acids is 1. The van der Waals surface area contributed by atoms with Gasteiger partial charge in [0.25, 0.3) is 0 Å². The minimum atomic E-state index is -1.99. The molecule has 1 aliphatic heterocycles. The van der Waals surface area contributed by atoms with Crippen molar-refractivity contribution in [1.82, 2.24) is 74.1 Å². The van der Waals surface area contributed by atoms with E-state index in [-0.39, 0.29) is 70.9 Å². The fourth-order valence-corrected chi connectivity index (χ4v) is 14.3. The molecule has 1 fully saturated rings. The number of H-pyrrole nitrogens is 1. The summed E-state index contributed by atoms with van der Waals surface area (Å²) in [4.78, 5) is 217. The van der Waals surface area contributed by atoms with Crippen LogP contribution in [-0.2, 0) is 97.6 Å². The van der Waals surface area contributed by atoms with Gasteiger partial charge in [-0.1, -0.05) is 131 Å². The number of rotatable bonds is 26. The van der Waals surface area contributed by atoms with E-state index < -0.39 is 210 Å². The molecule has 6 rings (SSSR count). The smallest absolute Gasteiger partial charge is 0.327 e. The van der Waals surface area contributed by atoms with Crippen LogP contribution in [0.25, 0.3) is 10.9 Å². The number of hydrogen-bond donors (Lipinski definition) is 22. The summed E-state index contributed by atoms with van der Waals surface area (Å²) in [5.41, 5.74) is 25.6. The van der Waals surface area contributed by atoms with E-state index in [0.29, 0.717) is 39.6 Å². The van der Waals surface area contributed by atoms with E-state index in [2.05, 4.69) is 74.1 Å². The number of aromatic nitrogens is 1. The zero-order valence-electron chi connectivity index (χ0n) is 63.8. The Labute approximate surface area is 670 Å². The SMILES string of the molecule is CC(O)[C@@H]1NC(=O)[C@H](CCCCN)NC(=O)[C@H](Cc2c[nH]c3ccccc23)NC(=O)[C@H](Cc2ccccc2)NC(=O)[C@H](Cc2ccccc2)NC(=O)[C@H](CC(N)=O)NC(=O)[C@H](CCCCN)NC(=O)[C@@H](NC(=O)CNC(=O)[C@H](C)N)CSSC[C@@H](C(=O)O)NC(=O)[C@H](CO)NC(=O)[C@H]([C@@H](C)O)NC(=O)[C@H](Cc2ccccc2)NC1=O. The number of aliphatic hydroxyl groups is 3. The summed E-state index contributed by atoms with van der Waals surface area (Å²) in [6.07, 6.45) is -3.48. The number of aliphatic hydroxyl groups excluding tert-OH is 3. The van der Waals surface area contributed by atoms with Gasteiger partial charge in [0.15, 0.2) is 0 Å². The molecule has 624 valence electrons. The van der Waals surface area contributed by atoms with E-state index in [1.807, 2.05) is 0 Å². The Kier molecular flexibility index (Phi) is 38.4. The molecular weight excluding hydrogens is 1530 g/mol. The molecule has 2 heterocycles. The van der Waals surface area contributed by atoms with Crippen LogP contribution in [0.1, 0.15) is 88.0 Å². The van der Waals surface area contributed by atoms with Crippen LogP contribution >= 0.6 is 21.6 Å². The summed E-state index contributed by atoms with van der Waals surface area (Å²) < 4.78 is 0. The number of para-hydroxylation sites is 1. The number of unbranched alkanes of at least 4 members (excludes halogenated alkanes) is 2. The molecule has 1 aliphatic rings. The molecule has 0 saturated carbocycles. The molecule has 0 aliphatic carbocycles. The Balaban J connectivity index is 1.47. The summed E-state index contributed by atoms with van der Waals surface area (Å²) in [5, 5.41) is 76.1. The minimum absolute atomic E-state index is 0.104. The molecule has 39 heteroatoms. The quantitative estimate of drug-likeness (QED) is 0.0182. The first-order valence-electron chi connectivity index (χ1n) is 37.4. The molecule has 0 radical (unpaired) electrons. The molecule has 26 N–H and O–H groups in total. The van der Waals surface area contributed by atoms with Crippen molar-refractivity contribution in [2.24, 2.45) is 22.9 Å². The van der Waals surface area contributed by atoms with E-state index in [0.717, 1.165) is 35.4 Å². The number of carboxylic acids is 1. The molecular formula is C76H104N18O19S2. The third kappa shape index (κ3) is 30.7. The number of amides is 14. The first-order valence-corrected chi connectivity index (χ1v) is 39.8. The normalized spacial score (nSPS) is 23.7. The van der Waals surface area contributed by atoms with Crippen LogP contribution in [0.4, 0.5) is 0 Å². The molecule has 5 aromatic rings. The predicted octanol–water partition coefficient (Wildman–Crippen LogP) is -4.91. The van der Waals surface area contributed by atoms with Crippen molar-refractivity contribution in [2.75, 3.05) is 37.7 Å². The maximum atomic E-state index is 15.4. The van der Waals surface area contributed by atoms with Gasteiger partial charge in [0.05, 0.1) is 37.8 Å². The van der Waals surface area contributed by atoms with Gasteiger partial charge >= 0.3 is 5.97 Å². The monoisotopic (exact) mass is 1640 g/mol. The fraction of sp³-hybridized carbons (Fsp3) is 0.461. The highest BCUT2D eigenvalue weighted by molar-refractivity contribution is 8.76. The Bertz CT molecular complexity index is 4130. The molecule has 1 saturated heterocycles. The van der Waals surface area contributed by atoms with Crippen LogP contribution in [0.3, 0.4) is 0 Å². The highest BCUT2D eigenvalue weighted by Crippen LogP contribution is 2.25. The van der Waals surface area contributed by atoms with Gasteiger partial charge in [0, 0.05) is 54.3 Å². The first kappa shape index (κ1) is 92.8. The standard InChI is InChI=1S/C76H104N18O19S2/c1-41(79)64(100)82-37-61(99)83-58-39-114-115-40-59(76(112)113)92-72(108)57(38-95)91-75(111)63(43(3)97)94-71(107)54(33-46-23-11-6-12-24-46)90-74(110)62(42(2)96)93-66(102)51(28-16-18-30-78)84-69(105)55(34-47-36-81-49-26-14-13-25-48(47)49)88-68(104)53(32-45-21-9-5-10-22-45)86-67(103)52(31-44-19-7-4-8-20-44)87-70(106)56(35-60(80)98)89-65(101)50(85-73(58)109)27-15-17-29-77/h4-14,19-26,36,41-43,50-59,62-63,81,95-97H,15-18,27-35,37-40,77-79H2,1-3H3,(H2,80,98)(H,82,100)(H,83,99)(H,84,105)(H,85,109)(H,86,103)(H,87,106)(H,88,104)(H,89,101)(H,90,110)(H,91,111)(H,92,108)(H,93,102)(H,94,107)(H,112,113)/t41-,42?,43+,50-,51-,52-,53-,54-,55-,56-,57-,58-,59-,62-,63-/m0/s1. The van der Waals surface area contributed by atoms with Crippen molar-refractivity contribution in [1.29, 1.82) is 0 Å². The minimum Gasteiger partial charge on any atom is -0.480 e. The van der Waals surface area contributed by atoms with Gasteiger partial charge in [-0.15, -0.1) is 0 Å². The number of hydrogen-bond acceptors (Lipinski definition) is 23.